The summed E-state index contributed by atoms with van der Waals surface area (Å²) < 4.78 is 5.40. The number of aryl methyl sites for hydroxylation is 1. The van der Waals surface area contributed by atoms with Gasteiger partial charge in [-0.15, -0.1) is 0 Å². The maximum atomic E-state index is 13.9. The summed E-state index contributed by atoms with van der Waals surface area (Å²) >= 11 is 0. The van der Waals surface area contributed by atoms with E-state index in [1.165, 1.54) is 17.0 Å². The Labute approximate surface area is 214 Å². The molecule has 3 N–H and O–H groups in total. The molecule has 0 aromatic heterocycles. The average Bonchev–Trinajstić information content (AvgIpc) is 2.81. The minimum atomic E-state index is -0.991. The number of phenolic OH excluding ortho intramolecular Hbond substituents is 1. The number of likely N-dealkylation sites (N-methyl/N-ethyl adjacent to an activating group) is 1. The quantitative estimate of drug-likeness (QED) is 0.443. The van der Waals surface area contributed by atoms with Crippen LogP contribution in [0.3, 0.4) is 0 Å². The van der Waals surface area contributed by atoms with Crippen molar-refractivity contribution in [3.63, 3.8) is 0 Å². The van der Waals surface area contributed by atoms with E-state index in [1.54, 1.807) is 45.9 Å². The van der Waals surface area contributed by atoms with Gasteiger partial charge in [0.1, 0.15) is 23.4 Å². The van der Waals surface area contributed by atoms with Gasteiger partial charge in [-0.1, -0.05) is 50.6 Å². The highest BCUT2D eigenvalue weighted by molar-refractivity contribution is 5.99. The van der Waals surface area contributed by atoms with Crippen molar-refractivity contribution in [1.82, 2.24) is 10.2 Å². The lowest BCUT2D eigenvalue weighted by molar-refractivity contribution is -0.141. The molecule has 0 heterocycles. The fourth-order valence-corrected chi connectivity index (χ4v) is 3.81. The molecule has 3 amide bonds. The first-order valence-corrected chi connectivity index (χ1v) is 12.3. The van der Waals surface area contributed by atoms with Gasteiger partial charge in [0.05, 0.1) is 0 Å². The largest absolute Gasteiger partial charge is 0.508 e. The minimum absolute atomic E-state index is 0.0512. The Morgan fingerprint density at radius 2 is 1.64 bits per heavy atom. The van der Waals surface area contributed by atoms with Crippen molar-refractivity contribution in [2.45, 2.75) is 72.6 Å². The van der Waals surface area contributed by atoms with Crippen molar-refractivity contribution in [2.75, 3.05) is 11.9 Å². The molecule has 0 aliphatic heterocycles. The molecule has 0 spiro atoms. The van der Waals surface area contributed by atoms with Crippen molar-refractivity contribution < 1.29 is 24.2 Å². The number of aromatic hydroxyl groups is 1. The van der Waals surface area contributed by atoms with Gasteiger partial charge in [0, 0.05) is 12.2 Å². The van der Waals surface area contributed by atoms with E-state index in [9.17, 15) is 19.5 Å². The maximum absolute atomic E-state index is 13.9. The van der Waals surface area contributed by atoms with Crippen molar-refractivity contribution in [3.05, 3.63) is 59.7 Å². The molecule has 196 valence electrons. The van der Waals surface area contributed by atoms with Crippen LogP contribution in [0.15, 0.2) is 48.5 Å². The smallest absolute Gasteiger partial charge is 0.408 e. The number of hydrogen-bond donors (Lipinski definition) is 3. The van der Waals surface area contributed by atoms with Crippen LogP contribution in [0, 0.1) is 12.8 Å². The van der Waals surface area contributed by atoms with Crippen molar-refractivity contribution in [2.24, 2.45) is 5.92 Å². The van der Waals surface area contributed by atoms with Gasteiger partial charge in [-0.25, -0.2) is 4.79 Å². The third-order valence-electron chi connectivity index (χ3n) is 5.95. The number of carbonyl (C=O) groups excluding carboxylic acids is 3. The number of rotatable bonds is 9. The summed E-state index contributed by atoms with van der Waals surface area (Å²) in [6.07, 6.45) is -0.0639. The number of amides is 3. The lowest BCUT2D eigenvalue weighted by atomic mass is 9.95. The molecule has 2 rings (SSSR count). The molecule has 0 saturated heterocycles. The number of phenols is 1. The highest BCUT2D eigenvalue weighted by Gasteiger charge is 2.37. The molecule has 0 radical (unpaired) electrons. The van der Waals surface area contributed by atoms with Gasteiger partial charge in [-0.2, -0.15) is 0 Å². The van der Waals surface area contributed by atoms with Crippen LogP contribution in [0.1, 0.15) is 65.1 Å². The third-order valence-corrected chi connectivity index (χ3v) is 5.95. The van der Waals surface area contributed by atoms with Gasteiger partial charge < -0.3 is 25.4 Å². The van der Waals surface area contributed by atoms with Crippen molar-refractivity contribution in [1.29, 1.82) is 0 Å². The zero-order valence-corrected chi connectivity index (χ0v) is 22.3. The molecular weight excluding hydrogens is 458 g/mol. The summed E-state index contributed by atoms with van der Waals surface area (Å²) in [6.45, 7) is 12.9. The van der Waals surface area contributed by atoms with E-state index in [0.717, 1.165) is 5.56 Å². The Bertz CT molecular complexity index is 1050. The fourth-order valence-electron chi connectivity index (χ4n) is 3.81. The van der Waals surface area contributed by atoms with E-state index in [1.807, 2.05) is 39.0 Å². The van der Waals surface area contributed by atoms with Crippen LogP contribution in [0.25, 0.3) is 0 Å². The molecule has 0 bridgehead atoms. The molecule has 0 aliphatic carbocycles. The number of nitrogens with one attached hydrogen (secondary N) is 2. The highest BCUT2D eigenvalue weighted by atomic mass is 16.6. The van der Waals surface area contributed by atoms with Crippen LogP contribution in [0.4, 0.5) is 10.5 Å². The Kier molecular flexibility index (Phi) is 9.90. The van der Waals surface area contributed by atoms with Gasteiger partial charge in [-0.3, -0.25) is 9.59 Å². The molecule has 2 aromatic rings. The Morgan fingerprint density at radius 3 is 2.17 bits per heavy atom. The van der Waals surface area contributed by atoms with Crippen LogP contribution in [0.5, 0.6) is 5.75 Å². The average molecular weight is 498 g/mol. The molecule has 0 fully saturated rings. The predicted octanol–water partition coefficient (Wildman–Crippen LogP) is 5.17. The SMILES string of the molecule is CCC(C)C(NC(=O)OC(C)(C)C)C(=O)N(CC)C(C(=O)Nc1ccccc1C)c1ccc(O)cc1. The first-order chi connectivity index (χ1) is 16.9. The topological polar surface area (TPSA) is 108 Å². The summed E-state index contributed by atoms with van der Waals surface area (Å²) in [5.41, 5.74) is 1.34. The minimum Gasteiger partial charge on any atom is -0.508 e. The number of anilines is 1. The second kappa shape index (κ2) is 12.4. The van der Waals surface area contributed by atoms with Crippen molar-refractivity contribution >= 4 is 23.6 Å². The lowest BCUT2D eigenvalue weighted by Gasteiger charge is -2.35. The zero-order valence-electron chi connectivity index (χ0n) is 22.3. The zero-order chi connectivity index (χ0) is 27.0. The molecule has 0 saturated carbocycles. The molecule has 8 nitrogen and oxygen atoms in total. The second-order valence-corrected chi connectivity index (χ2v) is 9.93. The predicted molar refractivity (Wildman–Crippen MR) is 141 cm³/mol. The number of ether oxygens (including phenoxy) is 1. The van der Waals surface area contributed by atoms with E-state index in [-0.39, 0.29) is 18.2 Å². The van der Waals surface area contributed by atoms with Gasteiger partial charge in [0.15, 0.2) is 0 Å². The van der Waals surface area contributed by atoms with Gasteiger partial charge in [0.25, 0.3) is 5.91 Å². The van der Waals surface area contributed by atoms with Gasteiger partial charge in [-0.05, 0) is 69.9 Å². The summed E-state index contributed by atoms with van der Waals surface area (Å²) in [4.78, 5) is 41.6. The normalized spacial score (nSPS) is 13.8. The number of nitrogens with zero attached hydrogens (tertiary/aromatic N) is 1. The number of benzene rings is 2. The standard InChI is InChI=1S/C28H39N3O5/c1-8-18(3)23(30-27(35)36-28(5,6)7)26(34)31(9-2)24(20-14-16-21(32)17-15-20)25(33)29-22-13-11-10-12-19(22)4/h10-18,23-24,32H,8-9H2,1-7H3,(H,29,33)(H,30,35). The first kappa shape index (κ1) is 28.7. The fraction of sp³-hybridized carbons (Fsp3) is 0.464. The Hall–Kier alpha value is -3.55. The molecule has 0 aliphatic rings. The number of para-hydroxylation sites is 1. The number of alkyl carbamates (subject to hydrolysis) is 1. The molecule has 36 heavy (non-hydrogen) atoms. The summed E-state index contributed by atoms with van der Waals surface area (Å²) in [5.74, 6) is -0.949. The first-order valence-electron chi connectivity index (χ1n) is 12.3. The second-order valence-electron chi connectivity index (χ2n) is 9.93. The van der Waals surface area contributed by atoms with Gasteiger partial charge in [0.2, 0.25) is 5.91 Å². The Morgan fingerprint density at radius 1 is 1.03 bits per heavy atom. The maximum Gasteiger partial charge on any atom is 0.408 e. The third kappa shape index (κ3) is 7.73. The van der Waals surface area contributed by atoms with Crippen LogP contribution in [-0.2, 0) is 14.3 Å². The van der Waals surface area contributed by atoms with Gasteiger partial charge >= 0.3 is 6.09 Å². The summed E-state index contributed by atoms with van der Waals surface area (Å²) in [6, 6.07) is 11.7. The summed E-state index contributed by atoms with van der Waals surface area (Å²) in [5, 5.41) is 15.5. The van der Waals surface area contributed by atoms with E-state index in [2.05, 4.69) is 10.6 Å². The van der Waals surface area contributed by atoms with E-state index < -0.39 is 35.6 Å². The van der Waals surface area contributed by atoms with Crippen LogP contribution in [0.2, 0.25) is 0 Å². The van der Waals surface area contributed by atoms with E-state index in [0.29, 0.717) is 17.7 Å². The van der Waals surface area contributed by atoms with E-state index >= 15 is 0 Å². The summed E-state index contributed by atoms with van der Waals surface area (Å²) in [7, 11) is 0. The number of carbonyl (C=O) groups is 3. The van der Waals surface area contributed by atoms with Crippen molar-refractivity contribution in [3.8, 4) is 5.75 Å². The molecule has 3 atom stereocenters. The highest BCUT2D eigenvalue weighted by Crippen LogP contribution is 2.27. The van der Waals surface area contributed by atoms with Crippen LogP contribution < -0.4 is 10.6 Å². The lowest BCUT2D eigenvalue weighted by Crippen LogP contribution is -2.54. The number of hydrogen-bond acceptors (Lipinski definition) is 5. The molecule has 2 aromatic carbocycles. The van der Waals surface area contributed by atoms with Crippen LogP contribution >= 0.6 is 0 Å². The monoisotopic (exact) mass is 497 g/mol. The molecule has 8 heteroatoms. The van der Waals surface area contributed by atoms with E-state index in [4.69, 9.17) is 4.74 Å². The molecule has 3 unspecified atom stereocenters. The molecular formula is C28H39N3O5. The van der Waals surface area contributed by atoms with Crippen LogP contribution in [-0.4, -0.2) is 46.1 Å². The Balaban J connectivity index is 2.46.